The maximum Gasteiger partial charge on any atom is 0.318 e. The highest BCUT2D eigenvalue weighted by molar-refractivity contribution is 8.00. The van der Waals surface area contributed by atoms with Crippen molar-refractivity contribution < 1.29 is 14.3 Å². The molecule has 0 saturated heterocycles. The fourth-order valence-corrected chi connectivity index (χ4v) is 2.60. The second-order valence-electron chi connectivity index (χ2n) is 4.06. The minimum absolute atomic E-state index is 0.265. The summed E-state index contributed by atoms with van der Waals surface area (Å²) in [6.07, 6.45) is 3.56. The van der Waals surface area contributed by atoms with Crippen molar-refractivity contribution in [3.63, 3.8) is 0 Å². The molecule has 0 aliphatic rings. The number of carbonyl (C=O) groups excluding carboxylic acids is 1. The molecule has 1 atom stereocenters. The molecule has 20 heavy (non-hydrogen) atoms. The number of imidazole rings is 1. The van der Waals surface area contributed by atoms with E-state index < -0.39 is 0 Å². The van der Waals surface area contributed by atoms with Gasteiger partial charge in [0.15, 0.2) is 5.16 Å². The Bertz CT molecular complexity index is 580. The number of methoxy groups -OCH3 is 2. The normalized spacial score (nSPS) is 11.9. The van der Waals surface area contributed by atoms with E-state index in [2.05, 4.69) is 4.98 Å². The smallest absolute Gasteiger partial charge is 0.318 e. The predicted octanol–water partition coefficient (Wildman–Crippen LogP) is 2.53. The van der Waals surface area contributed by atoms with Crippen LogP contribution in [0.4, 0.5) is 0 Å². The second-order valence-corrected chi connectivity index (χ2v) is 5.37. The molecule has 2 aromatic rings. The van der Waals surface area contributed by atoms with Gasteiger partial charge in [-0.05, 0) is 31.2 Å². The number of nitrogens with zero attached hydrogens (tertiary/aromatic N) is 2. The number of carbonyl (C=O) groups is 1. The van der Waals surface area contributed by atoms with Crippen molar-refractivity contribution >= 4 is 17.7 Å². The van der Waals surface area contributed by atoms with E-state index in [0.717, 1.165) is 16.6 Å². The third-order valence-corrected chi connectivity index (χ3v) is 3.83. The van der Waals surface area contributed by atoms with Gasteiger partial charge in [0.25, 0.3) is 0 Å². The summed E-state index contributed by atoms with van der Waals surface area (Å²) in [5.41, 5.74) is 0.961. The van der Waals surface area contributed by atoms with Crippen molar-refractivity contribution in [1.29, 1.82) is 0 Å². The van der Waals surface area contributed by atoms with Gasteiger partial charge in [0, 0.05) is 18.1 Å². The standard InChI is InChI=1S/C14H16N2O3S/c1-10(13(17)19-3)20-14-15-8-9-16(14)11-4-6-12(18-2)7-5-11/h4-10H,1-3H3. The third-order valence-electron chi connectivity index (χ3n) is 2.77. The average Bonchev–Trinajstić information content (AvgIpc) is 2.94. The van der Waals surface area contributed by atoms with Gasteiger partial charge >= 0.3 is 5.97 Å². The number of rotatable bonds is 5. The quantitative estimate of drug-likeness (QED) is 0.626. The highest BCUT2D eigenvalue weighted by Gasteiger charge is 2.17. The van der Waals surface area contributed by atoms with Crippen molar-refractivity contribution in [1.82, 2.24) is 9.55 Å². The topological polar surface area (TPSA) is 53.3 Å². The van der Waals surface area contributed by atoms with E-state index in [1.807, 2.05) is 35.0 Å². The second kappa shape index (κ2) is 6.47. The molecule has 106 valence electrons. The van der Waals surface area contributed by atoms with E-state index in [-0.39, 0.29) is 11.2 Å². The molecule has 0 fully saturated rings. The van der Waals surface area contributed by atoms with Crippen LogP contribution in [0.2, 0.25) is 0 Å². The molecule has 0 aliphatic heterocycles. The fourth-order valence-electron chi connectivity index (χ4n) is 1.69. The monoisotopic (exact) mass is 292 g/mol. The minimum Gasteiger partial charge on any atom is -0.497 e. The molecule has 0 aliphatic carbocycles. The SMILES string of the molecule is COC(=O)C(C)Sc1nccn1-c1ccc(OC)cc1. The zero-order valence-corrected chi connectivity index (χ0v) is 12.4. The maximum absolute atomic E-state index is 11.5. The minimum atomic E-state index is -0.306. The molecule has 2 rings (SSSR count). The van der Waals surface area contributed by atoms with Gasteiger partial charge in [0.1, 0.15) is 11.0 Å². The number of hydrogen-bond donors (Lipinski definition) is 0. The average molecular weight is 292 g/mol. The van der Waals surface area contributed by atoms with Gasteiger partial charge in [-0.2, -0.15) is 0 Å². The molecule has 0 saturated carbocycles. The van der Waals surface area contributed by atoms with E-state index in [1.165, 1.54) is 18.9 Å². The van der Waals surface area contributed by atoms with Crippen LogP contribution >= 0.6 is 11.8 Å². The van der Waals surface area contributed by atoms with Crippen LogP contribution in [0.15, 0.2) is 41.8 Å². The van der Waals surface area contributed by atoms with Gasteiger partial charge in [-0.25, -0.2) is 4.98 Å². The predicted molar refractivity (Wildman–Crippen MR) is 77.5 cm³/mol. The molecule has 0 bridgehead atoms. The molecule has 6 heteroatoms. The summed E-state index contributed by atoms with van der Waals surface area (Å²) in [6, 6.07) is 7.64. The van der Waals surface area contributed by atoms with Gasteiger partial charge in [-0.3, -0.25) is 9.36 Å². The van der Waals surface area contributed by atoms with Crippen LogP contribution in [-0.2, 0) is 9.53 Å². The van der Waals surface area contributed by atoms with Crippen LogP contribution in [0.1, 0.15) is 6.92 Å². The summed E-state index contributed by atoms with van der Waals surface area (Å²) in [4.78, 5) is 15.8. The van der Waals surface area contributed by atoms with Gasteiger partial charge in [-0.15, -0.1) is 0 Å². The van der Waals surface area contributed by atoms with E-state index in [1.54, 1.807) is 20.2 Å². The number of aromatic nitrogens is 2. The van der Waals surface area contributed by atoms with Crippen molar-refractivity contribution in [2.45, 2.75) is 17.3 Å². The Balaban J connectivity index is 2.21. The molecular formula is C14H16N2O3S. The molecule has 0 amide bonds. The van der Waals surface area contributed by atoms with E-state index in [4.69, 9.17) is 9.47 Å². The number of hydrogen-bond acceptors (Lipinski definition) is 5. The largest absolute Gasteiger partial charge is 0.497 e. The molecule has 1 aromatic heterocycles. The first-order chi connectivity index (χ1) is 9.65. The lowest BCUT2D eigenvalue weighted by Crippen LogP contribution is -2.15. The molecule has 1 aromatic carbocycles. The molecular weight excluding hydrogens is 276 g/mol. The Morgan fingerprint density at radius 3 is 2.60 bits per heavy atom. The summed E-state index contributed by atoms with van der Waals surface area (Å²) in [5, 5.41) is 0.437. The van der Waals surface area contributed by atoms with E-state index >= 15 is 0 Å². The molecule has 0 spiro atoms. The van der Waals surface area contributed by atoms with Crippen molar-refractivity contribution in [3.8, 4) is 11.4 Å². The van der Waals surface area contributed by atoms with Crippen LogP contribution in [0.5, 0.6) is 5.75 Å². The van der Waals surface area contributed by atoms with Crippen LogP contribution in [0, 0.1) is 0 Å². The number of benzene rings is 1. The molecule has 5 nitrogen and oxygen atoms in total. The van der Waals surface area contributed by atoms with Crippen molar-refractivity contribution in [2.24, 2.45) is 0 Å². The number of thioether (sulfide) groups is 1. The van der Waals surface area contributed by atoms with E-state index in [0.29, 0.717) is 0 Å². The zero-order valence-electron chi connectivity index (χ0n) is 11.6. The van der Waals surface area contributed by atoms with Gasteiger partial charge in [-0.1, -0.05) is 11.8 Å². The van der Waals surface area contributed by atoms with Gasteiger partial charge in [0.2, 0.25) is 0 Å². The Morgan fingerprint density at radius 1 is 1.30 bits per heavy atom. The third kappa shape index (κ3) is 3.14. The molecule has 1 unspecified atom stereocenters. The summed E-state index contributed by atoms with van der Waals surface area (Å²) in [7, 11) is 3.01. The summed E-state index contributed by atoms with van der Waals surface area (Å²) in [6.45, 7) is 1.80. The Labute approximate surface area is 121 Å². The highest BCUT2D eigenvalue weighted by atomic mass is 32.2. The van der Waals surface area contributed by atoms with E-state index in [9.17, 15) is 4.79 Å². The number of esters is 1. The molecule has 1 heterocycles. The Morgan fingerprint density at radius 2 is 2.00 bits per heavy atom. The van der Waals surface area contributed by atoms with Crippen LogP contribution < -0.4 is 4.74 Å². The van der Waals surface area contributed by atoms with Crippen LogP contribution in [0.3, 0.4) is 0 Å². The summed E-state index contributed by atoms with van der Waals surface area (Å²) >= 11 is 1.36. The zero-order chi connectivity index (χ0) is 14.5. The fraction of sp³-hybridized carbons (Fsp3) is 0.286. The highest BCUT2D eigenvalue weighted by Crippen LogP contribution is 2.25. The first-order valence-electron chi connectivity index (χ1n) is 6.08. The van der Waals surface area contributed by atoms with Gasteiger partial charge < -0.3 is 9.47 Å². The van der Waals surface area contributed by atoms with Crippen molar-refractivity contribution in [2.75, 3.05) is 14.2 Å². The molecule has 0 N–H and O–H groups in total. The lowest BCUT2D eigenvalue weighted by atomic mass is 10.3. The van der Waals surface area contributed by atoms with Crippen molar-refractivity contribution in [3.05, 3.63) is 36.7 Å². The number of ether oxygens (including phenoxy) is 2. The summed E-state index contributed by atoms with van der Waals surface area (Å²) in [5.74, 6) is 0.533. The summed E-state index contributed by atoms with van der Waals surface area (Å²) < 4.78 is 11.8. The lowest BCUT2D eigenvalue weighted by molar-refractivity contribution is -0.139. The Kier molecular flexibility index (Phi) is 4.68. The van der Waals surface area contributed by atoms with Crippen LogP contribution in [-0.4, -0.2) is 35.0 Å². The first-order valence-corrected chi connectivity index (χ1v) is 6.96. The molecule has 0 radical (unpaired) electrons. The first kappa shape index (κ1) is 14.5. The maximum atomic E-state index is 11.5. The van der Waals surface area contributed by atoms with Crippen LogP contribution in [0.25, 0.3) is 5.69 Å². The lowest BCUT2D eigenvalue weighted by Gasteiger charge is -2.11. The van der Waals surface area contributed by atoms with Gasteiger partial charge in [0.05, 0.1) is 14.2 Å². The Hall–Kier alpha value is -1.95.